The van der Waals surface area contributed by atoms with E-state index in [-0.39, 0.29) is 5.75 Å². The van der Waals surface area contributed by atoms with Crippen LogP contribution in [0, 0.1) is 6.92 Å². The van der Waals surface area contributed by atoms with Gasteiger partial charge in [-0.25, -0.2) is 4.98 Å². The number of anilines is 3. The summed E-state index contributed by atoms with van der Waals surface area (Å²) in [5, 5.41) is 27.0. The smallest absolute Gasteiger partial charge is 0.224 e. The SMILES string of the molecule is Cc1cc(CNc2nccc(Nc3cc(CCc4cccc(O)c4)[nH]n3)n2)on1. The van der Waals surface area contributed by atoms with Gasteiger partial charge < -0.3 is 20.3 Å². The summed E-state index contributed by atoms with van der Waals surface area (Å²) in [4.78, 5) is 8.63. The monoisotopic (exact) mass is 391 g/mol. The van der Waals surface area contributed by atoms with Gasteiger partial charge in [-0.1, -0.05) is 17.3 Å². The second-order valence-electron chi connectivity index (χ2n) is 6.63. The highest BCUT2D eigenvalue weighted by atomic mass is 16.5. The van der Waals surface area contributed by atoms with Gasteiger partial charge in [0.25, 0.3) is 0 Å². The number of benzene rings is 1. The largest absolute Gasteiger partial charge is 0.508 e. The van der Waals surface area contributed by atoms with E-state index >= 15 is 0 Å². The minimum Gasteiger partial charge on any atom is -0.508 e. The molecule has 0 aliphatic rings. The number of hydrogen-bond acceptors (Lipinski definition) is 8. The Kier molecular flexibility index (Phi) is 5.37. The molecule has 0 fully saturated rings. The van der Waals surface area contributed by atoms with Gasteiger partial charge in [-0.15, -0.1) is 0 Å². The van der Waals surface area contributed by atoms with E-state index in [9.17, 15) is 5.11 Å². The predicted octanol–water partition coefficient (Wildman–Crippen LogP) is 3.34. The van der Waals surface area contributed by atoms with Crippen LogP contribution in [0.1, 0.15) is 22.7 Å². The van der Waals surface area contributed by atoms with E-state index in [1.165, 1.54) is 0 Å². The fourth-order valence-electron chi connectivity index (χ4n) is 2.86. The van der Waals surface area contributed by atoms with Crippen molar-refractivity contribution < 1.29 is 9.63 Å². The molecule has 1 aromatic carbocycles. The number of aromatic nitrogens is 5. The minimum absolute atomic E-state index is 0.279. The number of aromatic hydroxyl groups is 1. The van der Waals surface area contributed by atoms with E-state index in [0.717, 1.165) is 29.8 Å². The van der Waals surface area contributed by atoms with E-state index in [1.54, 1.807) is 24.4 Å². The molecule has 0 amide bonds. The van der Waals surface area contributed by atoms with Crippen molar-refractivity contribution in [3.63, 3.8) is 0 Å². The lowest BCUT2D eigenvalue weighted by Crippen LogP contribution is -2.04. The van der Waals surface area contributed by atoms with E-state index in [0.29, 0.717) is 29.9 Å². The maximum absolute atomic E-state index is 9.55. The van der Waals surface area contributed by atoms with Gasteiger partial charge in [0.1, 0.15) is 11.6 Å². The van der Waals surface area contributed by atoms with Crippen LogP contribution in [0.15, 0.2) is 53.2 Å². The van der Waals surface area contributed by atoms with Gasteiger partial charge in [-0.05, 0) is 43.5 Å². The van der Waals surface area contributed by atoms with Crippen molar-refractivity contribution in [2.45, 2.75) is 26.3 Å². The van der Waals surface area contributed by atoms with E-state index < -0.39 is 0 Å². The predicted molar refractivity (Wildman–Crippen MR) is 108 cm³/mol. The number of aryl methyl sites for hydroxylation is 3. The third-order valence-electron chi connectivity index (χ3n) is 4.23. The number of rotatable bonds is 8. The van der Waals surface area contributed by atoms with Gasteiger partial charge in [0.15, 0.2) is 11.6 Å². The van der Waals surface area contributed by atoms with Crippen LogP contribution in [0.4, 0.5) is 17.6 Å². The molecule has 4 aromatic rings. The molecule has 0 saturated heterocycles. The molecule has 0 unspecified atom stereocenters. The average molecular weight is 391 g/mol. The van der Waals surface area contributed by atoms with Crippen molar-refractivity contribution in [2.75, 3.05) is 10.6 Å². The highest BCUT2D eigenvalue weighted by molar-refractivity contribution is 5.53. The fraction of sp³-hybridized carbons (Fsp3) is 0.200. The first-order valence-electron chi connectivity index (χ1n) is 9.22. The average Bonchev–Trinajstić information content (AvgIpc) is 3.34. The second-order valence-corrected chi connectivity index (χ2v) is 6.63. The van der Waals surface area contributed by atoms with Crippen LogP contribution in [-0.2, 0) is 19.4 Å². The molecular formula is C20H21N7O2. The van der Waals surface area contributed by atoms with Crippen molar-refractivity contribution in [2.24, 2.45) is 0 Å². The summed E-state index contributed by atoms with van der Waals surface area (Å²) in [7, 11) is 0. The first-order valence-corrected chi connectivity index (χ1v) is 9.22. The first-order chi connectivity index (χ1) is 14.1. The zero-order valence-corrected chi connectivity index (χ0v) is 15.9. The van der Waals surface area contributed by atoms with E-state index in [2.05, 4.69) is 36.0 Å². The van der Waals surface area contributed by atoms with Crippen LogP contribution in [0.2, 0.25) is 0 Å². The standard InChI is InChI=1S/C20H21N7O2/c1-13-9-17(29-27-13)12-22-20-21-8-7-18(24-20)23-19-11-15(25-26-19)6-5-14-3-2-4-16(28)10-14/h2-4,7-11,28H,5-6,12H2,1H3,(H3,21,22,23,24,25,26). The summed E-state index contributed by atoms with van der Waals surface area (Å²) in [6.45, 7) is 2.32. The van der Waals surface area contributed by atoms with Gasteiger partial charge >= 0.3 is 0 Å². The number of hydrogen-bond donors (Lipinski definition) is 4. The van der Waals surface area contributed by atoms with E-state index in [4.69, 9.17) is 4.52 Å². The Labute approximate surface area is 167 Å². The summed E-state index contributed by atoms with van der Waals surface area (Å²) >= 11 is 0. The van der Waals surface area contributed by atoms with Crippen LogP contribution < -0.4 is 10.6 Å². The zero-order valence-electron chi connectivity index (χ0n) is 15.9. The van der Waals surface area contributed by atoms with Gasteiger partial charge in [0, 0.05) is 24.0 Å². The molecule has 0 bridgehead atoms. The Morgan fingerprint density at radius 1 is 1.10 bits per heavy atom. The van der Waals surface area contributed by atoms with Crippen LogP contribution >= 0.6 is 0 Å². The number of aromatic amines is 1. The molecule has 9 heteroatoms. The molecule has 3 heterocycles. The third-order valence-corrected chi connectivity index (χ3v) is 4.23. The Balaban J connectivity index is 1.33. The normalized spacial score (nSPS) is 10.8. The van der Waals surface area contributed by atoms with Gasteiger partial charge in [-0.2, -0.15) is 10.1 Å². The summed E-state index contributed by atoms with van der Waals surface area (Å²) in [5.74, 6) is 2.77. The van der Waals surface area contributed by atoms with Crippen molar-refractivity contribution in [3.05, 3.63) is 71.4 Å². The Morgan fingerprint density at radius 3 is 2.86 bits per heavy atom. The maximum atomic E-state index is 9.55. The van der Waals surface area contributed by atoms with Crippen LogP contribution in [0.3, 0.4) is 0 Å². The molecule has 4 N–H and O–H groups in total. The third kappa shape index (κ3) is 5.10. The van der Waals surface area contributed by atoms with Gasteiger partial charge in [0.2, 0.25) is 5.95 Å². The maximum Gasteiger partial charge on any atom is 0.224 e. The highest BCUT2D eigenvalue weighted by Gasteiger charge is 2.06. The van der Waals surface area contributed by atoms with Crippen molar-refractivity contribution >= 4 is 17.6 Å². The number of H-pyrrole nitrogens is 1. The summed E-state index contributed by atoms with van der Waals surface area (Å²) in [6.07, 6.45) is 3.25. The number of nitrogens with one attached hydrogen (secondary N) is 3. The Morgan fingerprint density at radius 2 is 2.03 bits per heavy atom. The Hall–Kier alpha value is -3.88. The lowest BCUT2D eigenvalue weighted by molar-refractivity contribution is 0.384. The van der Waals surface area contributed by atoms with Crippen molar-refractivity contribution in [1.29, 1.82) is 0 Å². The molecule has 29 heavy (non-hydrogen) atoms. The highest BCUT2D eigenvalue weighted by Crippen LogP contribution is 2.17. The number of phenolic OH excluding ortho intramolecular Hbond substituents is 1. The Bertz CT molecular complexity index is 1090. The molecule has 4 rings (SSSR count). The number of phenols is 1. The van der Waals surface area contributed by atoms with Crippen LogP contribution in [0.25, 0.3) is 0 Å². The quantitative estimate of drug-likeness (QED) is 0.360. The molecule has 0 aliphatic heterocycles. The van der Waals surface area contributed by atoms with Crippen molar-refractivity contribution in [3.8, 4) is 5.75 Å². The molecule has 0 spiro atoms. The summed E-state index contributed by atoms with van der Waals surface area (Å²) in [6, 6.07) is 12.8. The molecule has 0 radical (unpaired) electrons. The van der Waals surface area contributed by atoms with Crippen LogP contribution in [0.5, 0.6) is 5.75 Å². The van der Waals surface area contributed by atoms with Crippen molar-refractivity contribution in [1.82, 2.24) is 25.3 Å². The summed E-state index contributed by atoms with van der Waals surface area (Å²) < 4.78 is 5.16. The molecule has 0 saturated carbocycles. The number of nitrogens with zero attached hydrogens (tertiary/aromatic N) is 4. The van der Waals surface area contributed by atoms with Gasteiger partial charge in [0.05, 0.1) is 12.2 Å². The molecule has 3 aromatic heterocycles. The molecular weight excluding hydrogens is 370 g/mol. The van der Waals surface area contributed by atoms with Gasteiger partial charge in [-0.3, -0.25) is 5.10 Å². The lowest BCUT2D eigenvalue weighted by atomic mass is 10.1. The van der Waals surface area contributed by atoms with Crippen LogP contribution in [-0.4, -0.2) is 30.4 Å². The fourth-order valence-corrected chi connectivity index (χ4v) is 2.86. The molecule has 0 aliphatic carbocycles. The minimum atomic E-state index is 0.279. The van der Waals surface area contributed by atoms with E-state index in [1.807, 2.05) is 31.2 Å². The summed E-state index contributed by atoms with van der Waals surface area (Å²) in [5.41, 5.74) is 2.89. The molecule has 148 valence electrons. The topological polar surface area (TPSA) is 125 Å². The zero-order chi connectivity index (χ0) is 20.1. The molecule has 9 nitrogen and oxygen atoms in total. The first kappa shape index (κ1) is 18.5. The lowest BCUT2D eigenvalue weighted by Gasteiger charge is -2.05. The second kappa shape index (κ2) is 8.42. The molecule has 0 atom stereocenters.